The lowest BCUT2D eigenvalue weighted by atomic mass is 9.80. The van der Waals surface area contributed by atoms with Crippen LogP contribution in [0.25, 0.3) is 0 Å². The number of allylic oxidation sites excluding steroid dienone is 3. The molecular weight excluding hydrogens is 328 g/mol. The molecule has 1 fully saturated rings. The average molecular weight is 365 g/mol. The third-order valence-corrected chi connectivity index (χ3v) is 5.49. The Kier molecular flexibility index (Phi) is 9.85. The molecule has 4 nitrogen and oxygen atoms in total. The van der Waals surface area contributed by atoms with Gasteiger partial charge in [0.1, 0.15) is 5.78 Å². The van der Waals surface area contributed by atoms with E-state index in [1.165, 1.54) is 0 Å². The van der Waals surface area contributed by atoms with E-state index in [1.807, 2.05) is 24.3 Å². The summed E-state index contributed by atoms with van der Waals surface area (Å²) in [4.78, 5) is 22.7. The van der Waals surface area contributed by atoms with Crippen molar-refractivity contribution in [3.63, 3.8) is 0 Å². The van der Waals surface area contributed by atoms with Crippen molar-refractivity contribution in [2.24, 2.45) is 17.3 Å². The molecule has 0 spiro atoms. The smallest absolute Gasteiger partial charge is 0.303 e. The largest absolute Gasteiger partial charge is 0.481 e. The summed E-state index contributed by atoms with van der Waals surface area (Å²) < 4.78 is 0. The second kappa shape index (κ2) is 11.3. The molecule has 0 saturated heterocycles. The van der Waals surface area contributed by atoms with Crippen LogP contribution in [0.15, 0.2) is 24.3 Å². The highest BCUT2D eigenvalue weighted by Gasteiger charge is 2.32. The molecule has 0 radical (unpaired) electrons. The number of carbonyl (C=O) groups excluding carboxylic acids is 1. The molecule has 2 N–H and O–H groups in total. The Morgan fingerprint density at radius 2 is 2.04 bits per heavy atom. The van der Waals surface area contributed by atoms with Gasteiger partial charge in [0.05, 0.1) is 6.10 Å². The normalized spacial score (nSPS) is 22.5. The van der Waals surface area contributed by atoms with Crippen molar-refractivity contribution in [2.45, 2.75) is 84.7 Å². The highest BCUT2D eigenvalue weighted by molar-refractivity contribution is 5.83. The fourth-order valence-electron chi connectivity index (χ4n) is 3.49. The predicted molar refractivity (Wildman–Crippen MR) is 105 cm³/mol. The zero-order valence-electron chi connectivity index (χ0n) is 16.6. The molecule has 1 aliphatic carbocycles. The van der Waals surface area contributed by atoms with E-state index in [9.17, 15) is 14.7 Å². The predicted octanol–water partition coefficient (Wildman–Crippen LogP) is 4.92. The highest BCUT2D eigenvalue weighted by atomic mass is 16.4. The van der Waals surface area contributed by atoms with E-state index < -0.39 is 12.1 Å². The van der Waals surface area contributed by atoms with Gasteiger partial charge in [-0.1, -0.05) is 57.9 Å². The van der Waals surface area contributed by atoms with Gasteiger partial charge in [0.2, 0.25) is 0 Å². The van der Waals surface area contributed by atoms with Gasteiger partial charge < -0.3 is 10.2 Å². The first kappa shape index (κ1) is 22.6. The fourth-order valence-corrected chi connectivity index (χ4v) is 3.49. The second-order valence-corrected chi connectivity index (χ2v) is 8.19. The summed E-state index contributed by atoms with van der Waals surface area (Å²) in [6.07, 6.45) is 14.4. The van der Waals surface area contributed by atoms with Crippen LogP contribution in [-0.2, 0) is 9.59 Å². The molecule has 4 heteroatoms. The molecule has 0 aromatic heterocycles. The lowest BCUT2D eigenvalue weighted by Crippen LogP contribution is -2.27. The molecule has 3 atom stereocenters. The number of aliphatic hydroxyl groups excluding tert-OH is 1. The molecule has 148 valence electrons. The summed E-state index contributed by atoms with van der Waals surface area (Å²) in [5.41, 5.74) is -0.144. The molecule has 1 rings (SSSR count). The van der Waals surface area contributed by atoms with Crippen LogP contribution < -0.4 is 0 Å². The quantitative estimate of drug-likeness (QED) is 0.381. The molecule has 0 aromatic carbocycles. The molecule has 0 aromatic rings. The number of carboxylic acids is 1. The number of unbranched alkanes of at least 4 members (excludes halogenated alkanes) is 2. The van der Waals surface area contributed by atoms with Crippen LogP contribution in [-0.4, -0.2) is 28.1 Å². The van der Waals surface area contributed by atoms with Crippen molar-refractivity contribution < 1.29 is 19.8 Å². The first-order chi connectivity index (χ1) is 12.3. The van der Waals surface area contributed by atoms with Crippen molar-refractivity contribution in [1.82, 2.24) is 0 Å². The zero-order valence-corrected chi connectivity index (χ0v) is 16.6. The van der Waals surface area contributed by atoms with Crippen molar-refractivity contribution in [3.8, 4) is 0 Å². The van der Waals surface area contributed by atoms with E-state index in [0.717, 1.165) is 32.1 Å². The third kappa shape index (κ3) is 7.86. The summed E-state index contributed by atoms with van der Waals surface area (Å²) in [5, 5.41) is 19.1. The van der Waals surface area contributed by atoms with Gasteiger partial charge in [0, 0.05) is 18.8 Å². The molecule has 1 unspecified atom stereocenters. The van der Waals surface area contributed by atoms with Crippen LogP contribution in [0.1, 0.15) is 78.6 Å². The number of hydrogen-bond donors (Lipinski definition) is 2. The van der Waals surface area contributed by atoms with E-state index in [4.69, 9.17) is 5.11 Å². The van der Waals surface area contributed by atoms with E-state index in [0.29, 0.717) is 25.0 Å². The van der Waals surface area contributed by atoms with Gasteiger partial charge in [-0.25, -0.2) is 0 Å². The zero-order chi connectivity index (χ0) is 19.6. The second-order valence-electron chi connectivity index (χ2n) is 8.19. The summed E-state index contributed by atoms with van der Waals surface area (Å²) in [6.45, 7) is 6.34. The van der Waals surface area contributed by atoms with Gasteiger partial charge in [-0.05, 0) is 43.4 Å². The number of carboxylic acid groups (broad SMARTS) is 1. The van der Waals surface area contributed by atoms with E-state index in [1.54, 1.807) is 0 Å². The Morgan fingerprint density at radius 3 is 2.69 bits per heavy atom. The number of aliphatic hydroxyl groups is 1. The summed E-state index contributed by atoms with van der Waals surface area (Å²) in [5.74, 6) is -0.278. The molecule has 0 aliphatic heterocycles. The lowest BCUT2D eigenvalue weighted by Gasteiger charge is -2.29. The van der Waals surface area contributed by atoms with Gasteiger partial charge in [-0.2, -0.15) is 0 Å². The molecule has 0 amide bonds. The van der Waals surface area contributed by atoms with Crippen molar-refractivity contribution in [3.05, 3.63) is 24.3 Å². The van der Waals surface area contributed by atoms with Gasteiger partial charge in [-0.3, -0.25) is 9.59 Å². The molecule has 0 heterocycles. The SMILES string of the molecule is CCCCC(C)(C)C(O)C=C[C@@H]1CCC(=O)[C@H]1C/C=C\CCCC(=O)O. The average Bonchev–Trinajstić information content (AvgIpc) is 2.93. The highest BCUT2D eigenvalue weighted by Crippen LogP contribution is 2.34. The number of aliphatic carboxylic acids is 1. The van der Waals surface area contributed by atoms with Gasteiger partial charge >= 0.3 is 5.97 Å². The Balaban J connectivity index is 2.52. The van der Waals surface area contributed by atoms with Crippen molar-refractivity contribution >= 4 is 11.8 Å². The summed E-state index contributed by atoms with van der Waals surface area (Å²) >= 11 is 0. The summed E-state index contributed by atoms with van der Waals surface area (Å²) in [7, 11) is 0. The molecule has 0 bridgehead atoms. The van der Waals surface area contributed by atoms with Crippen LogP contribution in [0, 0.1) is 17.3 Å². The Bertz CT molecular complexity index is 504. The van der Waals surface area contributed by atoms with Crippen molar-refractivity contribution in [2.75, 3.05) is 0 Å². The summed E-state index contributed by atoms with van der Waals surface area (Å²) in [6, 6.07) is 0. The maximum absolute atomic E-state index is 12.2. The first-order valence-electron chi connectivity index (χ1n) is 10.0. The topological polar surface area (TPSA) is 74.6 Å². The Morgan fingerprint density at radius 1 is 1.31 bits per heavy atom. The molecule has 1 saturated carbocycles. The molecule has 26 heavy (non-hydrogen) atoms. The Hall–Kier alpha value is -1.42. The lowest BCUT2D eigenvalue weighted by molar-refractivity contribution is -0.137. The van der Waals surface area contributed by atoms with Gasteiger partial charge in [-0.15, -0.1) is 0 Å². The van der Waals surface area contributed by atoms with Crippen LogP contribution in [0.3, 0.4) is 0 Å². The minimum Gasteiger partial charge on any atom is -0.481 e. The van der Waals surface area contributed by atoms with Crippen LogP contribution >= 0.6 is 0 Å². The molecule has 1 aliphatic rings. The maximum Gasteiger partial charge on any atom is 0.303 e. The van der Waals surface area contributed by atoms with E-state index in [2.05, 4.69) is 20.8 Å². The minimum absolute atomic E-state index is 0.00655. The van der Waals surface area contributed by atoms with Gasteiger partial charge in [0.25, 0.3) is 0 Å². The number of carbonyl (C=O) groups is 2. The van der Waals surface area contributed by atoms with E-state index in [-0.39, 0.29) is 23.7 Å². The number of rotatable bonds is 12. The van der Waals surface area contributed by atoms with E-state index >= 15 is 0 Å². The molecular formula is C22H36O4. The minimum atomic E-state index is -0.769. The first-order valence-corrected chi connectivity index (χ1v) is 10.0. The van der Waals surface area contributed by atoms with Crippen LogP contribution in [0.2, 0.25) is 0 Å². The number of Topliss-reactive ketones (excluding diaryl/α,β-unsaturated/α-hetero) is 1. The standard InChI is InChI=1S/C22H36O4/c1-4-5-16-22(2,3)20(24)15-13-17-12-14-19(23)18(17)10-8-6-7-9-11-21(25)26/h6,8,13,15,17-18,20,24H,4-5,7,9-12,14,16H2,1-3H3,(H,25,26)/b8-6-,15-13?/t17-,18-,20?/m0/s1. The Labute approximate surface area is 158 Å². The monoisotopic (exact) mass is 364 g/mol. The fraction of sp³-hybridized carbons (Fsp3) is 0.727. The van der Waals surface area contributed by atoms with Crippen LogP contribution in [0.5, 0.6) is 0 Å². The van der Waals surface area contributed by atoms with Gasteiger partial charge in [0.15, 0.2) is 0 Å². The van der Waals surface area contributed by atoms with Crippen LogP contribution in [0.4, 0.5) is 0 Å². The maximum atomic E-state index is 12.2. The van der Waals surface area contributed by atoms with Crippen molar-refractivity contribution in [1.29, 1.82) is 0 Å². The number of hydrogen-bond acceptors (Lipinski definition) is 3. The third-order valence-electron chi connectivity index (χ3n) is 5.49. The number of ketones is 1.